The molecule has 5 fully saturated rings. The molecule has 31 nitrogen and oxygen atoms in total. The fourth-order valence-corrected chi connectivity index (χ4v) is 29.2. The van der Waals surface area contributed by atoms with Crippen molar-refractivity contribution in [2.45, 2.75) is 89.7 Å². The summed E-state index contributed by atoms with van der Waals surface area (Å²) in [4.78, 5) is 67.0. The topological polar surface area (TPSA) is 346 Å². The number of aromatic nitrogens is 5. The van der Waals surface area contributed by atoms with Gasteiger partial charge >= 0.3 is 0 Å². The lowest BCUT2D eigenvalue weighted by molar-refractivity contribution is 0.148. The summed E-state index contributed by atoms with van der Waals surface area (Å²) in [6.07, 6.45) is 6.94. The van der Waals surface area contributed by atoms with Crippen LogP contribution in [0.3, 0.4) is 0 Å². The molecule has 10 aromatic carbocycles. The van der Waals surface area contributed by atoms with Crippen LogP contribution in [0.1, 0.15) is 65.2 Å². The van der Waals surface area contributed by atoms with E-state index in [0.717, 1.165) is 68.4 Å². The lowest BCUT2D eigenvalue weighted by atomic mass is 10.0. The number of rotatable bonds is 19. The van der Waals surface area contributed by atoms with Gasteiger partial charge in [0.2, 0.25) is 50.1 Å². The molecule has 5 aromatic heterocycles. The van der Waals surface area contributed by atoms with Gasteiger partial charge in [-0.05, 0) is 215 Å². The quantitative estimate of drug-likeness (QED) is 0.0725. The molecule has 15 aromatic rings. The van der Waals surface area contributed by atoms with Crippen LogP contribution in [0.4, 0.5) is 0 Å². The van der Waals surface area contributed by atoms with Crippen molar-refractivity contribution < 1.29 is 65.8 Å². The Balaban J connectivity index is 0.000000124. The van der Waals surface area contributed by atoms with E-state index in [0.29, 0.717) is 188 Å². The SMILES string of the molecule is CC1CCN(S(=O)(=O)c2cccc(-n3sc4ccccc4c3=O)c2)CC1.COc1ccc(S(=O)(=O)N2CCC(C)CC2)cc1-n1sc2ccccc2c1=O.COc1ccc(S(=O)(=O)N2CCCCC2)cc1-n1sc2ccccc2c1=O.COc1ccc(S(=O)(=O)N2CCCOCC2)cc1-n1sc2ccccc2c1=O.COc1ccc(S(=O)(=O)N2CCN(C)CC2)cc1-n1sc2ccccc2c1=O. The van der Waals surface area contributed by atoms with E-state index in [1.165, 1.54) is 143 Å². The van der Waals surface area contributed by atoms with Crippen LogP contribution in [0.25, 0.3) is 78.9 Å². The average Bonchev–Trinajstić information content (AvgIpc) is 1.69. The summed E-state index contributed by atoms with van der Waals surface area (Å²) < 4.78 is 177. The molecule has 10 heterocycles. The van der Waals surface area contributed by atoms with Crippen LogP contribution in [0.5, 0.6) is 23.0 Å². The number of methoxy groups -OCH3 is 4. The third-order valence-corrected chi connectivity index (χ3v) is 39.6. The molecule has 137 heavy (non-hydrogen) atoms. The van der Waals surface area contributed by atoms with Crippen molar-refractivity contribution in [1.29, 1.82) is 0 Å². The molecule has 5 aliphatic rings. The van der Waals surface area contributed by atoms with Crippen molar-refractivity contribution in [3.63, 3.8) is 0 Å². The van der Waals surface area contributed by atoms with E-state index >= 15 is 0 Å². The third-order valence-electron chi connectivity index (χ3n) is 24.6. The second-order valence-corrected chi connectivity index (χ2v) is 48.1. The lowest BCUT2D eigenvalue weighted by Crippen LogP contribution is -2.47. The predicted octanol–water partition coefficient (Wildman–Crippen LogP) is 14.7. The standard InChI is InChI=1S/C20H22N2O4S2.C19H21N3O4S2.C19H20N2O5S2.C19H20N2O4S2.C19H20N2O3S2/c1-14-9-11-21(12-10-14)28(24,25)15-7-8-18(26-2)17(13-15)22-20(23)16-5-3-4-6-19(16)27-22;1-20-9-11-21(12-10-20)28(24,25)14-7-8-17(26-2)16(13-14)22-19(23)15-5-3-4-6-18(15)27-22;1-25-17-8-7-14(28(23,24)20-9-4-11-26-12-10-20)13-16(17)21-19(22)15-5-2-3-6-18(15)27-21;1-25-17-10-9-14(27(23,24)20-11-5-2-6-12-20)13-16(17)21-19(22)15-7-3-4-8-18(15)26-21;1-14-9-11-20(12-10-14)26(23,24)16-6-4-5-15(13-16)21-19(22)17-7-2-3-8-18(17)25-21/h3-8,13-14H,9-12H2,1-2H3;3-8,13H,9-12H2,1-2H3;2-3,5-8,13H,4,9-12H2,1H3;3-4,7-10,13H,2,5-6,11-12H2,1H3;2-8,13-14H,9-12H2,1H3. The normalized spacial score (nSPS) is 16.4. The first-order valence-electron chi connectivity index (χ1n) is 44.5. The second kappa shape index (κ2) is 42.6. The van der Waals surface area contributed by atoms with Gasteiger partial charge in [-0.3, -0.25) is 24.0 Å². The molecule has 0 radical (unpaired) electrons. The summed E-state index contributed by atoms with van der Waals surface area (Å²) in [5.41, 5.74) is 1.47. The minimum atomic E-state index is -3.70. The number of sulfonamides is 5. The summed E-state index contributed by atoms with van der Waals surface area (Å²) in [7, 11) is -10.1. The minimum absolute atomic E-state index is 0.119. The van der Waals surface area contributed by atoms with Gasteiger partial charge in [-0.1, -0.05) is 145 Å². The zero-order valence-electron chi connectivity index (χ0n) is 76.2. The number of ether oxygens (including phenoxy) is 5. The number of hydrogen-bond acceptors (Lipinski definition) is 26. The van der Waals surface area contributed by atoms with Gasteiger partial charge in [-0.2, -0.15) is 21.5 Å². The average molecular weight is 2050 g/mol. The van der Waals surface area contributed by atoms with E-state index in [-0.39, 0.29) is 52.3 Å². The van der Waals surface area contributed by atoms with E-state index in [2.05, 4.69) is 18.7 Å². The first-order valence-corrected chi connectivity index (χ1v) is 55.6. The third kappa shape index (κ3) is 21.0. The molecule has 0 N–H and O–H groups in total. The molecule has 41 heteroatoms. The molecule has 5 saturated heterocycles. The Labute approximate surface area is 813 Å². The highest BCUT2D eigenvalue weighted by atomic mass is 32.2. The van der Waals surface area contributed by atoms with E-state index < -0.39 is 50.1 Å². The first-order chi connectivity index (χ1) is 65.8. The van der Waals surface area contributed by atoms with Crippen LogP contribution in [-0.4, -0.2) is 216 Å². The fourth-order valence-electron chi connectivity index (χ4n) is 16.7. The van der Waals surface area contributed by atoms with Gasteiger partial charge < -0.3 is 28.6 Å². The number of benzene rings is 10. The number of piperazine rings is 1. The Hall–Kier alpha value is -10.7. The highest BCUT2D eigenvalue weighted by molar-refractivity contribution is 7.90. The maximum absolute atomic E-state index is 13.1. The summed E-state index contributed by atoms with van der Waals surface area (Å²) >= 11 is 6.41. The van der Waals surface area contributed by atoms with Crippen molar-refractivity contribution in [2.24, 2.45) is 11.8 Å². The smallest absolute Gasteiger partial charge is 0.273 e. The monoisotopic (exact) mass is 2050 g/mol. The van der Waals surface area contributed by atoms with Gasteiger partial charge in [0.05, 0.1) is 116 Å². The summed E-state index contributed by atoms with van der Waals surface area (Å²) in [5.74, 6) is 2.90. The lowest BCUT2D eigenvalue weighted by Gasteiger charge is -2.31. The Kier molecular flexibility index (Phi) is 30.9. The molecule has 0 amide bonds. The fraction of sp³-hybridized carbons (Fsp3) is 0.323. The van der Waals surface area contributed by atoms with E-state index in [1.807, 2.05) is 92.0 Å². The molecule has 0 saturated carbocycles. The summed E-state index contributed by atoms with van der Waals surface area (Å²) in [5, 5.41) is 3.05. The number of fused-ring (bicyclic) bond motifs is 5. The zero-order valence-corrected chi connectivity index (χ0v) is 84.3. The van der Waals surface area contributed by atoms with Crippen molar-refractivity contribution in [3.8, 4) is 51.4 Å². The minimum Gasteiger partial charge on any atom is -0.495 e. The van der Waals surface area contributed by atoms with Gasteiger partial charge in [0, 0.05) is 85.1 Å². The first kappa shape index (κ1) is 99.3. The molecular weight excluding hydrogens is 1950 g/mol. The van der Waals surface area contributed by atoms with E-state index in [4.69, 9.17) is 23.7 Å². The Morgan fingerprint density at radius 2 is 0.547 bits per heavy atom. The molecule has 0 aliphatic carbocycles. The molecule has 0 atom stereocenters. The maximum Gasteiger partial charge on any atom is 0.273 e. The molecule has 20 rings (SSSR count). The Morgan fingerprint density at radius 3 is 0.861 bits per heavy atom. The summed E-state index contributed by atoms with van der Waals surface area (Å²) in [6.45, 7) is 11.4. The highest BCUT2D eigenvalue weighted by Gasteiger charge is 2.35. The van der Waals surface area contributed by atoms with Crippen LogP contribution in [0, 0.1) is 11.8 Å². The largest absolute Gasteiger partial charge is 0.495 e. The zero-order chi connectivity index (χ0) is 96.8. The molecule has 5 aliphatic heterocycles. The molecule has 0 spiro atoms. The van der Waals surface area contributed by atoms with Crippen LogP contribution in [-0.2, 0) is 54.9 Å². The molecular formula is C96H103N11O20S10. The van der Waals surface area contributed by atoms with E-state index in [1.54, 1.807) is 117 Å². The maximum atomic E-state index is 13.1. The molecule has 0 unspecified atom stereocenters. The van der Waals surface area contributed by atoms with E-state index in [9.17, 15) is 66.1 Å². The second-order valence-electron chi connectivity index (χ2n) is 33.5. The van der Waals surface area contributed by atoms with Crippen molar-refractivity contribution in [3.05, 3.63) is 270 Å². The van der Waals surface area contributed by atoms with Gasteiger partial charge in [0.15, 0.2) is 0 Å². The van der Waals surface area contributed by atoms with Gasteiger partial charge in [-0.25, -0.2) is 61.9 Å². The number of likely N-dealkylation sites (N-methyl/N-ethyl adjacent to an activating group) is 1. The number of hydrogen-bond donors (Lipinski definition) is 0. The van der Waals surface area contributed by atoms with Crippen molar-refractivity contribution >= 4 is 158 Å². The van der Waals surface area contributed by atoms with Crippen LogP contribution >= 0.6 is 57.7 Å². The van der Waals surface area contributed by atoms with Gasteiger partial charge in [0.1, 0.15) is 45.7 Å². The Bertz CT molecular complexity index is 7710. The highest BCUT2D eigenvalue weighted by Crippen LogP contribution is 2.38. The predicted molar refractivity (Wildman–Crippen MR) is 541 cm³/mol. The van der Waals surface area contributed by atoms with Crippen molar-refractivity contribution in [1.82, 2.24) is 46.2 Å². The molecule has 722 valence electrons. The molecule has 0 bridgehead atoms. The summed E-state index contributed by atoms with van der Waals surface area (Å²) in [6, 6.07) is 62.1. The van der Waals surface area contributed by atoms with Gasteiger partial charge in [0.25, 0.3) is 27.8 Å². The van der Waals surface area contributed by atoms with Crippen LogP contribution < -0.4 is 46.7 Å². The van der Waals surface area contributed by atoms with Gasteiger partial charge in [-0.15, -0.1) is 0 Å². The Morgan fingerprint density at radius 1 is 0.277 bits per heavy atom. The van der Waals surface area contributed by atoms with Crippen LogP contribution in [0.2, 0.25) is 0 Å². The number of nitrogens with zero attached hydrogens (tertiary/aromatic N) is 11. The number of piperidine rings is 3. The van der Waals surface area contributed by atoms with Crippen molar-refractivity contribution in [2.75, 3.05) is 127 Å². The van der Waals surface area contributed by atoms with Crippen LogP contribution in [0.15, 0.2) is 267 Å².